The molecule has 0 amide bonds. The van der Waals surface area contributed by atoms with Gasteiger partial charge in [0.25, 0.3) is 5.92 Å². The van der Waals surface area contributed by atoms with Gasteiger partial charge in [-0.1, -0.05) is 0 Å². The molecule has 0 saturated carbocycles. The van der Waals surface area contributed by atoms with Crippen LogP contribution in [0.1, 0.15) is 0 Å². The largest absolute Gasteiger partial charge is 0.486 e. The van der Waals surface area contributed by atoms with Crippen molar-refractivity contribution in [2.75, 3.05) is 20.2 Å². The van der Waals surface area contributed by atoms with Crippen LogP contribution in [-0.4, -0.2) is 31.1 Å². The van der Waals surface area contributed by atoms with E-state index < -0.39 is 19.1 Å². The highest BCUT2D eigenvalue weighted by Gasteiger charge is 2.28. The quantitative estimate of drug-likeness (QED) is 0.781. The van der Waals surface area contributed by atoms with Crippen molar-refractivity contribution in [1.29, 1.82) is 0 Å². The van der Waals surface area contributed by atoms with Gasteiger partial charge in [-0.3, -0.25) is 4.98 Å². The minimum Gasteiger partial charge on any atom is -0.486 e. The van der Waals surface area contributed by atoms with Crippen LogP contribution in [0.5, 0.6) is 5.75 Å². The second-order valence-electron chi connectivity index (χ2n) is 2.86. The third-order valence-electron chi connectivity index (χ3n) is 1.52. The van der Waals surface area contributed by atoms with E-state index >= 15 is 0 Å². The van der Waals surface area contributed by atoms with Gasteiger partial charge in [0.15, 0.2) is 6.61 Å². The van der Waals surface area contributed by atoms with Gasteiger partial charge in [0.05, 0.1) is 12.7 Å². The Bertz CT molecular complexity index is 267. The molecule has 0 unspecified atom stereocenters. The molecule has 0 atom stereocenters. The molecule has 0 aliphatic rings. The molecule has 1 aromatic rings. The summed E-state index contributed by atoms with van der Waals surface area (Å²) in [6.45, 7) is -1.03. The van der Waals surface area contributed by atoms with Gasteiger partial charge in [-0.2, -0.15) is 0 Å². The second-order valence-corrected chi connectivity index (χ2v) is 2.86. The standard InChI is InChI=1S/C9H12F2N2O/c1-12-6-9(10,11)7-14-8-3-2-4-13-5-8/h2-5,12H,6-7H2,1H3. The summed E-state index contributed by atoms with van der Waals surface area (Å²) in [7, 11) is 1.47. The highest BCUT2D eigenvalue weighted by atomic mass is 19.3. The topological polar surface area (TPSA) is 34.1 Å². The Morgan fingerprint density at radius 3 is 2.93 bits per heavy atom. The van der Waals surface area contributed by atoms with E-state index in [1.165, 1.54) is 13.2 Å². The number of nitrogens with zero attached hydrogens (tertiary/aromatic N) is 1. The van der Waals surface area contributed by atoms with Crippen LogP contribution in [0, 0.1) is 0 Å². The van der Waals surface area contributed by atoms with E-state index in [4.69, 9.17) is 4.74 Å². The fourth-order valence-corrected chi connectivity index (χ4v) is 0.931. The van der Waals surface area contributed by atoms with Crippen LogP contribution in [0.15, 0.2) is 24.5 Å². The number of halogens is 2. The lowest BCUT2D eigenvalue weighted by atomic mass is 10.3. The fourth-order valence-electron chi connectivity index (χ4n) is 0.931. The van der Waals surface area contributed by atoms with Crippen molar-refractivity contribution in [2.24, 2.45) is 0 Å². The molecule has 1 heterocycles. The first-order valence-electron chi connectivity index (χ1n) is 4.19. The van der Waals surface area contributed by atoms with E-state index in [9.17, 15) is 8.78 Å². The van der Waals surface area contributed by atoms with Crippen molar-refractivity contribution in [3.8, 4) is 5.75 Å². The van der Waals surface area contributed by atoms with E-state index in [2.05, 4.69) is 10.3 Å². The summed E-state index contributed by atoms with van der Waals surface area (Å²) < 4.78 is 30.7. The lowest BCUT2D eigenvalue weighted by Crippen LogP contribution is -2.36. The Hall–Kier alpha value is -1.23. The van der Waals surface area contributed by atoms with Gasteiger partial charge in [-0.25, -0.2) is 8.78 Å². The zero-order valence-corrected chi connectivity index (χ0v) is 7.84. The first-order valence-corrected chi connectivity index (χ1v) is 4.19. The maximum atomic E-state index is 12.9. The number of alkyl halides is 2. The average molecular weight is 202 g/mol. The third kappa shape index (κ3) is 3.66. The Labute approximate surface area is 81.1 Å². The number of hydrogen-bond acceptors (Lipinski definition) is 3. The van der Waals surface area contributed by atoms with E-state index in [0.29, 0.717) is 5.75 Å². The van der Waals surface area contributed by atoms with Gasteiger partial charge in [0.2, 0.25) is 0 Å². The number of rotatable bonds is 5. The highest BCUT2D eigenvalue weighted by molar-refractivity contribution is 5.15. The van der Waals surface area contributed by atoms with Crippen LogP contribution < -0.4 is 10.1 Å². The maximum absolute atomic E-state index is 12.9. The van der Waals surface area contributed by atoms with Gasteiger partial charge < -0.3 is 10.1 Å². The van der Waals surface area contributed by atoms with Crippen molar-refractivity contribution in [2.45, 2.75) is 5.92 Å². The fraction of sp³-hybridized carbons (Fsp3) is 0.444. The SMILES string of the molecule is CNCC(F)(F)COc1cccnc1. The lowest BCUT2D eigenvalue weighted by molar-refractivity contribution is -0.0375. The summed E-state index contributed by atoms with van der Waals surface area (Å²) in [5.41, 5.74) is 0. The molecule has 0 aliphatic carbocycles. The van der Waals surface area contributed by atoms with Crippen molar-refractivity contribution in [1.82, 2.24) is 10.3 Å². The van der Waals surface area contributed by atoms with Crippen LogP contribution in [0.25, 0.3) is 0 Å². The molecular weight excluding hydrogens is 190 g/mol. The summed E-state index contributed by atoms with van der Waals surface area (Å²) in [6.07, 6.45) is 2.95. The summed E-state index contributed by atoms with van der Waals surface area (Å²) in [4.78, 5) is 3.75. The maximum Gasteiger partial charge on any atom is 0.293 e. The third-order valence-corrected chi connectivity index (χ3v) is 1.52. The molecule has 3 nitrogen and oxygen atoms in total. The number of hydrogen-bond donors (Lipinski definition) is 1. The molecule has 0 bridgehead atoms. The van der Waals surface area contributed by atoms with Crippen molar-refractivity contribution >= 4 is 0 Å². The second kappa shape index (κ2) is 4.85. The molecule has 5 heteroatoms. The molecule has 0 saturated heterocycles. The highest BCUT2D eigenvalue weighted by Crippen LogP contribution is 2.15. The number of ether oxygens (including phenoxy) is 1. The first-order chi connectivity index (χ1) is 6.64. The Balaban J connectivity index is 2.40. The molecule has 14 heavy (non-hydrogen) atoms. The van der Waals surface area contributed by atoms with E-state index in [-0.39, 0.29) is 0 Å². The Morgan fingerprint density at radius 1 is 1.57 bits per heavy atom. The minimum absolute atomic E-state index is 0.350. The zero-order valence-electron chi connectivity index (χ0n) is 7.84. The molecule has 78 valence electrons. The number of pyridine rings is 1. The molecule has 1 N–H and O–H groups in total. The first kappa shape index (κ1) is 10.8. The van der Waals surface area contributed by atoms with Crippen molar-refractivity contribution in [3.63, 3.8) is 0 Å². The number of nitrogens with one attached hydrogen (secondary N) is 1. The molecule has 0 fully saturated rings. The minimum atomic E-state index is -2.86. The van der Waals surface area contributed by atoms with E-state index in [0.717, 1.165) is 0 Å². The van der Waals surface area contributed by atoms with Crippen LogP contribution in [0.2, 0.25) is 0 Å². The zero-order chi connectivity index (χ0) is 10.4. The lowest BCUT2D eigenvalue weighted by Gasteiger charge is -2.16. The van der Waals surface area contributed by atoms with Crippen LogP contribution >= 0.6 is 0 Å². The van der Waals surface area contributed by atoms with Crippen LogP contribution in [0.3, 0.4) is 0 Å². The average Bonchev–Trinajstić information content (AvgIpc) is 2.17. The smallest absolute Gasteiger partial charge is 0.293 e. The Kier molecular flexibility index (Phi) is 3.76. The molecule has 0 radical (unpaired) electrons. The summed E-state index contributed by atoms with van der Waals surface area (Å²) in [5.74, 6) is -2.51. The predicted octanol–water partition coefficient (Wildman–Crippen LogP) is 1.32. The molecule has 0 spiro atoms. The normalized spacial score (nSPS) is 11.4. The van der Waals surface area contributed by atoms with Gasteiger partial charge in [0.1, 0.15) is 5.75 Å². The molecular formula is C9H12F2N2O. The molecule has 1 rings (SSSR count). The van der Waals surface area contributed by atoms with Crippen molar-refractivity contribution in [3.05, 3.63) is 24.5 Å². The van der Waals surface area contributed by atoms with E-state index in [1.54, 1.807) is 18.3 Å². The Morgan fingerprint density at radius 2 is 2.36 bits per heavy atom. The monoisotopic (exact) mass is 202 g/mol. The molecule has 0 aliphatic heterocycles. The van der Waals surface area contributed by atoms with Crippen LogP contribution in [0.4, 0.5) is 8.78 Å². The van der Waals surface area contributed by atoms with Gasteiger partial charge >= 0.3 is 0 Å². The number of aromatic nitrogens is 1. The summed E-state index contributed by atoms with van der Waals surface area (Å²) in [6, 6.07) is 3.22. The van der Waals surface area contributed by atoms with Gasteiger partial charge in [-0.05, 0) is 19.2 Å². The summed E-state index contributed by atoms with van der Waals surface area (Å²) >= 11 is 0. The van der Waals surface area contributed by atoms with Crippen LogP contribution in [-0.2, 0) is 0 Å². The molecule has 0 aromatic carbocycles. The summed E-state index contributed by atoms with van der Waals surface area (Å²) in [5, 5.41) is 2.40. The van der Waals surface area contributed by atoms with E-state index in [1.807, 2.05) is 0 Å². The molecule has 1 aromatic heterocycles. The predicted molar refractivity (Wildman–Crippen MR) is 48.6 cm³/mol. The van der Waals surface area contributed by atoms with Gasteiger partial charge in [0, 0.05) is 6.20 Å². The van der Waals surface area contributed by atoms with Gasteiger partial charge in [-0.15, -0.1) is 0 Å². The van der Waals surface area contributed by atoms with Crippen molar-refractivity contribution < 1.29 is 13.5 Å².